The van der Waals surface area contributed by atoms with Crippen molar-refractivity contribution in [2.45, 2.75) is 94.2 Å². The van der Waals surface area contributed by atoms with Gasteiger partial charge in [0.25, 0.3) is 0 Å². The van der Waals surface area contributed by atoms with E-state index in [-0.39, 0.29) is 11.0 Å². The van der Waals surface area contributed by atoms with Crippen LogP contribution in [0.5, 0.6) is 0 Å². The lowest BCUT2D eigenvalue weighted by Crippen LogP contribution is -2.82. The van der Waals surface area contributed by atoms with Crippen molar-refractivity contribution in [1.82, 2.24) is 0 Å². The predicted molar refractivity (Wildman–Crippen MR) is 80.9 cm³/mol. The van der Waals surface area contributed by atoms with Gasteiger partial charge in [-0.3, -0.25) is 0 Å². The molecule has 122 valence electrons. The lowest BCUT2D eigenvalue weighted by molar-refractivity contribution is -0.548. The quantitative estimate of drug-likeness (QED) is 0.741. The molecule has 7 rings (SSSR count). The molecule has 3 spiro atoms. The van der Waals surface area contributed by atoms with Crippen molar-refractivity contribution in [2.24, 2.45) is 23.2 Å². The highest BCUT2D eigenvalue weighted by Gasteiger charge is 2.84. The van der Waals surface area contributed by atoms with Crippen molar-refractivity contribution in [3.8, 4) is 0 Å². The highest BCUT2D eigenvalue weighted by Crippen LogP contribution is 2.78. The zero-order valence-corrected chi connectivity index (χ0v) is 13.5. The van der Waals surface area contributed by atoms with Gasteiger partial charge in [-0.1, -0.05) is 19.3 Å². The molecule has 0 amide bonds. The molecule has 7 fully saturated rings. The van der Waals surface area contributed by atoms with Crippen LogP contribution >= 0.6 is 0 Å². The van der Waals surface area contributed by atoms with Crippen LogP contribution in [0.1, 0.15) is 77.0 Å². The van der Waals surface area contributed by atoms with E-state index in [2.05, 4.69) is 0 Å². The van der Waals surface area contributed by atoms with E-state index in [1.54, 1.807) is 0 Å². The van der Waals surface area contributed by atoms with Gasteiger partial charge in [0.05, 0.1) is 11.0 Å². The highest BCUT2D eigenvalue weighted by molar-refractivity contribution is 5.27. The molecule has 3 nitrogen and oxygen atoms in total. The first-order valence-corrected chi connectivity index (χ1v) is 9.77. The highest BCUT2D eigenvalue weighted by atomic mass is 16.8. The molecule has 0 aromatic carbocycles. The summed E-state index contributed by atoms with van der Waals surface area (Å²) in [5.41, 5.74) is -0.142. The summed E-state index contributed by atoms with van der Waals surface area (Å²) in [5.74, 6) is 0.275. The molecule has 7 aliphatic rings. The Morgan fingerprint density at radius 1 is 0.773 bits per heavy atom. The van der Waals surface area contributed by atoms with E-state index in [1.807, 2.05) is 0 Å². The molecule has 1 N–H and O–H groups in total. The van der Waals surface area contributed by atoms with Gasteiger partial charge in [0, 0.05) is 18.3 Å². The molecule has 7 atom stereocenters. The van der Waals surface area contributed by atoms with Crippen molar-refractivity contribution in [3.05, 3.63) is 0 Å². The minimum Gasteiger partial charge on any atom is -0.365 e. The Morgan fingerprint density at radius 3 is 2.50 bits per heavy atom. The smallest absolute Gasteiger partial charge is 0.180 e. The third-order valence-electron chi connectivity index (χ3n) is 8.78. The molecule has 3 heterocycles. The molecule has 22 heavy (non-hydrogen) atoms. The van der Waals surface area contributed by atoms with Gasteiger partial charge in [0.15, 0.2) is 11.6 Å². The van der Waals surface area contributed by atoms with E-state index in [0.717, 1.165) is 25.7 Å². The Kier molecular flexibility index (Phi) is 2.25. The third kappa shape index (κ3) is 1.14. The monoisotopic (exact) mass is 304 g/mol. The third-order valence-corrected chi connectivity index (χ3v) is 8.78. The summed E-state index contributed by atoms with van der Waals surface area (Å²) in [5, 5.41) is 11.7. The zero-order valence-electron chi connectivity index (χ0n) is 13.5. The topological polar surface area (TPSA) is 38.7 Å². The maximum absolute atomic E-state index is 11.7. The molecular formula is C19H28O3. The molecule has 4 aliphatic carbocycles. The Bertz CT molecular complexity index is 535. The Hall–Kier alpha value is -0.120. The lowest BCUT2D eigenvalue weighted by atomic mass is 9.46. The van der Waals surface area contributed by atoms with E-state index in [0.29, 0.717) is 17.8 Å². The minimum absolute atomic E-state index is 0.0565. The SMILES string of the molecule is O[C@@]12O[C@@]34CCCC[C@@H]3C[C@@]13CC[C@H]2C[C@@H]1CCCC[C@]13O4. The summed E-state index contributed by atoms with van der Waals surface area (Å²) >= 11 is 0. The van der Waals surface area contributed by atoms with E-state index < -0.39 is 11.6 Å². The maximum atomic E-state index is 11.7. The molecular weight excluding hydrogens is 276 g/mol. The van der Waals surface area contributed by atoms with E-state index in [1.165, 1.54) is 51.4 Å². The molecule has 4 saturated carbocycles. The van der Waals surface area contributed by atoms with Crippen LogP contribution in [-0.2, 0) is 9.47 Å². The maximum Gasteiger partial charge on any atom is 0.180 e. The van der Waals surface area contributed by atoms with Crippen LogP contribution in [0.25, 0.3) is 0 Å². The van der Waals surface area contributed by atoms with Gasteiger partial charge in [-0.25, -0.2) is 0 Å². The molecule has 3 saturated heterocycles. The van der Waals surface area contributed by atoms with Crippen molar-refractivity contribution in [2.75, 3.05) is 0 Å². The normalized spacial score (nSPS) is 65.0. The van der Waals surface area contributed by atoms with Crippen molar-refractivity contribution >= 4 is 0 Å². The van der Waals surface area contributed by atoms with Gasteiger partial charge in [0.2, 0.25) is 0 Å². The van der Waals surface area contributed by atoms with Gasteiger partial charge in [-0.2, -0.15) is 0 Å². The second kappa shape index (κ2) is 3.75. The standard InChI is InChI=1S/C19H28O3/c20-19-14-7-10-16(19)12-15-6-2-4-9-18(15,22-19)21-17(16)8-3-1-5-13(17)11-14/h13-15,20H,1-12H2/t13-,14-,15+,16+,17-,18-,19-/m0/s1. The first-order valence-electron chi connectivity index (χ1n) is 9.77. The summed E-state index contributed by atoms with van der Waals surface area (Å²) in [6, 6.07) is 0. The van der Waals surface area contributed by atoms with Gasteiger partial charge in [0.1, 0.15) is 0 Å². The fourth-order valence-electron chi connectivity index (χ4n) is 8.04. The van der Waals surface area contributed by atoms with Crippen LogP contribution in [0, 0.1) is 23.2 Å². The zero-order chi connectivity index (χ0) is 14.6. The molecule has 0 radical (unpaired) electrons. The lowest BCUT2D eigenvalue weighted by Gasteiger charge is -2.75. The minimum atomic E-state index is -0.868. The fourth-order valence-corrected chi connectivity index (χ4v) is 8.04. The first kappa shape index (κ1) is 13.2. The van der Waals surface area contributed by atoms with Crippen molar-refractivity contribution in [1.29, 1.82) is 0 Å². The first-order chi connectivity index (χ1) is 10.6. The van der Waals surface area contributed by atoms with E-state index >= 15 is 0 Å². The molecule has 3 aliphatic heterocycles. The summed E-state index contributed by atoms with van der Waals surface area (Å²) in [6.45, 7) is 0. The number of hydrogen-bond donors (Lipinski definition) is 1. The summed E-state index contributed by atoms with van der Waals surface area (Å²) < 4.78 is 13.6. The Labute approximate surface area is 132 Å². The van der Waals surface area contributed by atoms with Crippen molar-refractivity contribution in [3.63, 3.8) is 0 Å². The summed E-state index contributed by atoms with van der Waals surface area (Å²) in [7, 11) is 0. The fraction of sp³-hybridized carbons (Fsp3) is 1.00. The second-order valence-electron chi connectivity index (χ2n) is 9.24. The van der Waals surface area contributed by atoms with Gasteiger partial charge in [-0.05, 0) is 57.3 Å². The number of aliphatic hydroxyl groups is 1. The Morgan fingerprint density at radius 2 is 1.59 bits per heavy atom. The van der Waals surface area contributed by atoms with Crippen LogP contribution in [0.2, 0.25) is 0 Å². The number of rotatable bonds is 0. The van der Waals surface area contributed by atoms with Crippen LogP contribution in [-0.4, -0.2) is 22.3 Å². The van der Waals surface area contributed by atoms with Crippen LogP contribution < -0.4 is 0 Å². The van der Waals surface area contributed by atoms with Crippen LogP contribution in [0.4, 0.5) is 0 Å². The molecule has 3 heteroatoms. The Balaban J connectivity index is 1.58. The average molecular weight is 304 g/mol. The van der Waals surface area contributed by atoms with E-state index in [4.69, 9.17) is 9.47 Å². The number of hydrogen-bond acceptors (Lipinski definition) is 3. The average Bonchev–Trinajstić information content (AvgIpc) is 2.70. The number of ether oxygens (including phenoxy) is 2. The molecule has 0 aromatic rings. The van der Waals surface area contributed by atoms with Gasteiger partial charge >= 0.3 is 0 Å². The molecule has 0 unspecified atom stereocenters. The van der Waals surface area contributed by atoms with E-state index in [9.17, 15) is 5.11 Å². The van der Waals surface area contributed by atoms with Crippen LogP contribution in [0.15, 0.2) is 0 Å². The summed E-state index contributed by atoms with van der Waals surface area (Å²) in [6.07, 6.45) is 14.5. The van der Waals surface area contributed by atoms with Gasteiger partial charge in [-0.15, -0.1) is 0 Å². The van der Waals surface area contributed by atoms with Crippen LogP contribution in [0.3, 0.4) is 0 Å². The predicted octanol–water partition coefficient (Wildman–Crippen LogP) is 3.74. The summed E-state index contributed by atoms with van der Waals surface area (Å²) in [4.78, 5) is 0. The van der Waals surface area contributed by atoms with Gasteiger partial charge < -0.3 is 14.6 Å². The second-order valence-corrected chi connectivity index (χ2v) is 9.24. The van der Waals surface area contributed by atoms with Crippen molar-refractivity contribution < 1.29 is 14.6 Å². The molecule has 0 aromatic heterocycles. The largest absolute Gasteiger partial charge is 0.365 e. The molecule has 5 bridgehead atoms.